The van der Waals surface area contributed by atoms with Gasteiger partial charge in [-0.05, 0) is 49.9 Å². The van der Waals surface area contributed by atoms with Crippen molar-refractivity contribution in [1.29, 1.82) is 0 Å². The first-order chi connectivity index (χ1) is 15.6. The third-order valence-electron chi connectivity index (χ3n) is 5.37. The topological polar surface area (TPSA) is 105 Å². The number of aryl methyl sites for hydroxylation is 3. The average molecular weight is 494 g/mol. The maximum atomic E-state index is 13.5. The summed E-state index contributed by atoms with van der Waals surface area (Å²) in [5.74, 6) is -1.72. The van der Waals surface area contributed by atoms with Crippen molar-refractivity contribution < 1.29 is 22.7 Å². The monoisotopic (exact) mass is 493 g/mol. The summed E-state index contributed by atoms with van der Waals surface area (Å²) in [4.78, 5) is 24.7. The second kappa shape index (κ2) is 10.6. The maximum Gasteiger partial charge on any atom is 0.309 e. The number of amides is 2. The minimum absolute atomic E-state index is 0.0956. The molecule has 3 rings (SSSR count). The first-order valence-electron chi connectivity index (χ1n) is 10.6. The van der Waals surface area contributed by atoms with E-state index in [1.807, 2.05) is 19.1 Å². The maximum absolute atomic E-state index is 13.5. The molecule has 0 aromatic heterocycles. The Balaban J connectivity index is 1.66. The lowest BCUT2D eigenvalue weighted by Gasteiger charge is -2.35. The normalized spacial score (nSPS) is 16.9. The number of hydrogen-bond donors (Lipinski definition) is 2. The van der Waals surface area contributed by atoms with Crippen LogP contribution in [0.25, 0.3) is 0 Å². The van der Waals surface area contributed by atoms with E-state index in [0.29, 0.717) is 34.7 Å². The largest absolute Gasteiger partial charge is 0.360 e. The van der Waals surface area contributed by atoms with Gasteiger partial charge in [0.05, 0.1) is 18.0 Å². The van der Waals surface area contributed by atoms with Crippen LogP contribution in [-0.4, -0.2) is 50.5 Å². The molecule has 0 bridgehead atoms. The summed E-state index contributed by atoms with van der Waals surface area (Å²) in [5, 5.41) is 5.47. The third kappa shape index (κ3) is 5.92. The van der Waals surface area contributed by atoms with Crippen LogP contribution in [0.15, 0.2) is 41.3 Å². The number of hydrogen-bond acceptors (Lipinski definition) is 5. The molecule has 0 saturated carbocycles. The Bertz CT molecular complexity index is 1130. The van der Waals surface area contributed by atoms with Crippen molar-refractivity contribution >= 4 is 33.4 Å². The summed E-state index contributed by atoms with van der Waals surface area (Å²) < 4.78 is 33.8. The van der Waals surface area contributed by atoms with E-state index in [2.05, 4.69) is 10.6 Å². The molecular weight excluding hydrogens is 466 g/mol. The number of carbonyl (C=O) groups excluding carboxylic acids is 2. The number of ether oxygens (including phenoxy) is 1. The van der Waals surface area contributed by atoms with Crippen LogP contribution < -0.4 is 10.6 Å². The molecule has 1 saturated heterocycles. The van der Waals surface area contributed by atoms with Crippen LogP contribution >= 0.6 is 11.6 Å². The molecule has 8 nitrogen and oxygen atoms in total. The van der Waals surface area contributed by atoms with Gasteiger partial charge in [-0.15, -0.1) is 0 Å². The fourth-order valence-corrected chi connectivity index (χ4v) is 6.13. The van der Waals surface area contributed by atoms with Gasteiger partial charge in [-0.25, -0.2) is 8.42 Å². The molecule has 0 aliphatic carbocycles. The summed E-state index contributed by atoms with van der Waals surface area (Å²) >= 11 is 6.06. The summed E-state index contributed by atoms with van der Waals surface area (Å²) in [6, 6.07) is 10.6. The third-order valence-corrected chi connectivity index (χ3v) is 7.93. The number of nitrogens with one attached hydrogen (secondary N) is 2. The van der Waals surface area contributed by atoms with Gasteiger partial charge < -0.3 is 15.4 Å². The second-order valence-electron chi connectivity index (χ2n) is 8.01. The molecule has 2 aromatic rings. The number of carbonyl (C=O) groups is 2. The van der Waals surface area contributed by atoms with Gasteiger partial charge in [0.15, 0.2) is 0 Å². The van der Waals surface area contributed by atoms with E-state index >= 15 is 0 Å². The average Bonchev–Trinajstić information content (AvgIpc) is 2.76. The van der Waals surface area contributed by atoms with Crippen molar-refractivity contribution in [3.05, 3.63) is 63.7 Å². The molecule has 178 valence electrons. The van der Waals surface area contributed by atoms with Gasteiger partial charge in [0.2, 0.25) is 10.0 Å². The Morgan fingerprint density at radius 2 is 1.73 bits per heavy atom. The molecule has 0 unspecified atom stereocenters. The van der Waals surface area contributed by atoms with Crippen LogP contribution in [0.4, 0.5) is 0 Å². The highest BCUT2D eigenvalue weighted by Crippen LogP contribution is 2.28. The Hall–Kier alpha value is -2.46. The van der Waals surface area contributed by atoms with Crippen LogP contribution in [-0.2, 0) is 30.9 Å². The van der Waals surface area contributed by atoms with E-state index in [-0.39, 0.29) is 24.5 Å². The van der Waals surface area contributed by atoms with Crippen molar-refractivity contribution in [1.82, 2.24) is 14.9 Å². The molecule has 1 heterocycles. The molecule has 2 N–H and O–H groups in total. The van der Waals surface area contributed by atoms with Gasteiger partial charge in [-0.3, -0.25) is 9.59 Å². The molecule has 33 heavy (non-hydrogen) atoms. The van der Waals surface area contributed by atoms with Crippen molar-refractivity contribution in [3.8, 4) is 0 Å². The predicted molar refractivity (Wildman–Crippen MR) is 125 cm³/mol. The zero-order valence-electron chi connectivity index (χ0n) is 18.9. The molecule has 2 amide bonds. The quantitative estimate of drug-likeness (QED) is 0.601. The van der Waals surface area contributed by atoms with Crippen LogP contribution in [0.2, 0.25) is 5.02 Å². The van der Waals surface area contributed by atoms with E-state index in [1.165, 1.54) is 4.31 Å². The van der Waals surface area contributed by atoms with E-state index in [4.69, 9.17) is 16.3 Å². The number of sulfonamides is 1. The zero-order chi connectivity index (χ0) is 24.2. The second-order valence-corrected chi connectivity index (χ2v) is 10.2. The molecule has 1 atom stereocenters. The fourth-order valence-electron chi connectivity index (χ4n) is 3.95. The number of benzene rings is 2. The van der Waals surface area contributed by atoms with Gasteiger partial charge in [-0.1, -0.05) is 47.5 Å². The molecule has 2 aromatic carbocycles. The Morgan fingerprint density at radius 1 is 1.09 bits per heavy atom. The lowest BCUT2D eigenvalue weighted by Crippen LogP contribution is -2.53. The number of nitrogens with zero attached hydrogens (tertiary/aromatic N) is 1. The Morgan fingerprint density at radius 3 is 2.39 bits per heavy atom. The predicted octanol–water partition coefficient (Wildman–Crippen LogP) is 2.43. The van der Waals surface area contributed by atoms with Gasteiger partial charge >= 0.3 is 11.8 Å². The summed E-state index contributed by atoms with van der Waals surface area (Å²) in [6.45, 7) is 6.00. The molecule has 1 aliphatic heterocycles. The molecule has 0 spiro atoms. The molecule has 1 fully saturated rings. The van der Waals surface area contributed by atoms with Crippen LogP contribution in [0.1, 0.15) is 28.7 Å². The van der Waals surface area contributed by atoms with Gasteiger partial charge in [-0.2, -0.15) is 4.31 Å². The van der Waals surface area contributed by atoms with Crippen molar-refractivity contribution in [2.24, 2.45) is 0 Å². The first-order valence-corrected chi connectivity index (χ1v) is 12.4. The molecule has 1 aliphatic rings. The minimum Gasteiger partial charge on any atom is -0.360 e. The van der Waals surface area contributed by atoms with E-state index in [9.17, 15) is 18.0 Å². The Kier molecular flexibility index (Phi) is 8.12. The van der Waals surface area contributed by atoms with Crippen LogP contribution in [0.3, 0.4) is 0 Å². The highest BCUT2D eigenvalue weighted by atomic mass is 35.5. The molecule has 10 heteroatoms. The summed E-state index contributed by atoms with van der Waals surface area (Å²) in [7, 11) is -3.87. The fraction of sp³-hybridized carbons (Fsp3) is 0.391. The standard InChI is InChI=1S/C23H28ClN3O5S/c1-15-11-16(2)21(17(3)12-15)33(30,31)27-9-6-10-32-20(27)14-26-23(29)22(28)25-13-18-7-4-5-8-19(18)24/h4-5,7-8,11-12,20H,6,9-10,13-14H2,1-3H3,(H,25,28)(H,26,29)/t20-/m0/s1. The molecular formula is C23H28ClN3O5S. The van der Waals surface area contributed by atoms with Crippen LogP contribution in [0, 0.1) is 20.8 Å². The SMILES string of the molecule is Cc1cc(C)c(S(=O)(=O)N2CCCO[C@H]2CNC(=O)C(=O)NCc2ccccc2Cl)c(C)c1. The van der Waals surface area contributed by atoms with Gasteiger partial charge in [0, 0.05) is 18.1 Å². The first kappa shape index (κ1) is 25.2. The minimum atomic E-state index is -3.87. The van der Waals surface area contributed by atoms with Gasteiger partial charge in [0.1, 0.15) is 6.23 Å². The Labute approximate surface area is 199 Å². The highest BCUT2D eigenvalue weighted by molar-refractivity contribution is 7.89. The van der Waals surface area contributed by atoms with Gasteiger partial charge in [0.25, 0.3) is 0 Å². The lowest BCUT2D eigenvalue weighted by molar-refractivity contribution is -0.140. The smallest absolute Gasteiger partial charge is 0.309 e. The van der Waals surface area contributed by atoms with Crippen molar-refractivity contribution in [3.63, 3.8) is 0 Å². The van der Waals surface area contributed by atoms with Crippen LogP contribution in [0.5, 0.6) is 0 Å². The van der Waals surface area contributed by atoms with E-state index in [0.717, 1.165) is 5.56 Å². The zero-order valence-corrected chi connectivity index (χ0v) is 20.4. The van der Waals surface area contributed by atoms with E-state index < -0.39 is 28.1 Å². The number of halogens is 1. The van der Waals surface area contributed by atoms with Crippen molar-refractivity contribution in [2.75, 3.05) is 19.7 Å². The summed E-state index contributed by atoms with van der Waals surface area (Å²) in [5.41, 5.74) is 2.96. The molecule has 0 radical (unpaired) electrons. The highest BCUT2D eigenvalue weighted by Gasteiger charge is 2.36. The van der Waals surface area contributed by atoms with E-state index in [1.54, 1.807) is 38.1 Å². The number of rotatable bonds is 6. The lowest BCUT2D eigenvalue weighted by atomic mass is 10.1. The van der Waals surface area contributed by atoms with Crippen molar-refractivity contribution in [2.45, 2.75) is 44.9 Å². The summed E-state index contributed by atoms with van der Waals surface area (Å²) in [6.07, 6.45) is -0.379.